The van der Waals surface area contributed by atoms with E-state index in [-0.39, 0.29) is 0 Å². The highest BCUT2D eigenvalue weighted by Crippen LogP contribution is 2.36. The van der Waals surface area contributed by atoms with Crippen LogP contribution in [0.25, 0.3) is 5.69 Å². The molecule has 0 saturated heterocycles. The van der Waals surface area contributed by atoms with Crippen molar-refractivity contribution in [3.63, 3.8) is 0 Å². The van der Waals surface area contributed by atoms with Crippen molar-refractivity contribution in [1.29, 1.82) is 0 Å². The third kappa shape index (κ3) is 4.73. The third-order valence-corrected chi connectivity index (χ3v) is 7.05. The Kier molecular flexibility index (Phi) is 6.68. The second-order valence-corrected chi connectivity index (χ2v) is 9.00. The lowest BCUT2D eigenvalue weighted by molar-refractivity contribution is 0.414. The molecular formula is C22H23Cl2N3OS. The first-order valence-electron chi connectivity index (χ1n) is 9.82. The van der Waals surface area contributed by atoms with Gasteiger partial charge in [0.25, 0.3) is 0 Å². The summed E-state index contributed by atoms with van der Waals surface area (Å²) in [5.74, 6) is 3.10. The first-order chi connectivity index (χ1) is 14.2. The van der Waals surface area contributed by atoms with Gasteiger partial charge in [-0.2, -0.15) is 0 Å². The number of hydrogen-bond donors (Lipinski definition) is 0. The molecule has 1 aliphatic carbocycles. The second kappa shape index (κ2) is 9.41. The van der Waals surface area contributed by atoms with Crippen molar-refractivity contribution in [2.75, 3.05) is 7.11 Å². The Labute approximate surface area is 185 Å². The zero-order chi connectivity index (χ0) is 20.2. The van der Waals surface area contributed by atoms with Gasteiger partial charge in [0.05, 0.1) is 17.2 Å². The highest BCUT2D eigenvalue weighted by molar-refractivity contribution is 7.98. The molecule has 1 heterocycles. The average molecular weight is 448 g/mol. The van der Waals surface area contributed by atoms with E-state index in [1.54, 1.807) is 18.9 Å². The van der Waals surface area contributed by atoms with Crippen LogP contribution < -0.4 is 4.74 Å². The maximum atomic E-state index is 6.17. The SMILES string of the molecule is COc1ccc(-n2c(SCc3ccc(Cl)c(Cl)c3)nnc2C2CCCCC2)cc1. The van der Waals surface area contributed by atoms with Crippen molar-refractivity contribution in [3.05, 3.63) is 63.9 Å². The number of halogens is 2. The van der Waals surface area contributed by atoms with Crippen LogP contribution in [-0.4, -0.2) is 21.9 Å². The minimum atomic E-state index is 0.456. The van der Waals surface area contributed by atoms with Crippen molar-refractivity contribution in [3.8, 4) is 11.4 Å². The molecule has 2 aromatic carbocycles. The summed E-state index contributed by atoms with van der Waals surface area (Å²) in [6.07, 6.45) is 6.17. The molecule has 4 rings (SSSR count). The van der Waals surface area contributed by atoms with E-state index in [2.05, 4.69) is 26.9 Å². The van der Waals surface area contributed by atoms with E-state index in [1.807, 2.05) is 30.3 Å². The van der Waals surface area contributed by atoms with E-state index >= 15 is 0 Å². The van der Waals surface area contributed by atoms with Gasteiger partial charge in [0, 0.05) is 17.4 Å². The number of nitrogens with zero attached hydrogens (tertiary/aromatic N) is 3. The summed E-state index contributed by atoms with van der Waals surface area (Å²) in [4.78, 5) is 0. The number of hydrogen-bond acceptors (Lipinski definition) is 4. The number of ether oxygens (including phenoxy) is 1. The largest absolute Gasteiger partial charge is 0.497 e. The van der Waals surface area contributed by atoms with Crippen LogP contribution in [0.1, 0.15) is 49.4 Å². The van der Waals surface area contributed by atoms with Crippen molar-refractivity contribution < 1.29 is 4.74 Å². The van der Waals surface area contributed by atoms with Gasteiger partial charge in [0.2, 0.25) is 0 Å². The van der Waals surface area contributed by atoms with E-state index in [0.717, 1.165) is 33.7 Å². The molecule has 0 radical (unpaired) electrons. The predicted molar refractivity (Wildman–Crippen MR) is 120 cm³/mol. The molecule has 152 valence electrons. The fourth-order valence-electron chi connectivity index (χ4n) is 3.75. The number of thioether (sulfide) groups is 1. The predicted octanol–water partition coefficient (Wildman–Crippen LogP) is 6.92. The molecule has 0 unspecified atom stereocenters. The van der Waals surface area contributed by atoms with Crippen molar-refractivity contribution in [1.82, 2.24) is 14.8 Å². The van der Waals surface area contributed by atoms with Gasteiger partial charge < -0.3 is 4.74 Å². The number of aromatic nitrogens is 3. The van der Waals surface area contributed by atoms with Crippen LogP contribution in [0.4, 0.5) is 0 Å². The summed E-state index contributed by atoms with van der Waals surface area (Å²) >= 11 is 13.9. The molecule has 29 heavy (non-hydrogen) atoms. The Hall–Kier alpha value is -1.69. The van der Waals surface area contributed by atoms with Gasteiger partial charge in [-0.05, 0) is 54.8 Å². The molecule has 1 saturated carbocycles. The minimum absolute atomic E-state index is 0.456. The van der Waals surface area contributed by atoms with Crippen LogP contribution in [0.5, 0.6) is 5.75 Å². The molecule has 0 atom stereocenters. The van der Waals surface area contributed by atoms with Crippen LogP contribution in [-0.2, 0) is 5.75 Å². The van der Waals surface area contributed by atoms with Gasteiger partial charge in [-0.25, -0.2) is 0 Å². The first-order valence-corrected chi connectivity index (χ1v) is 11.6. The Balaban J connectivity index is 1.64. The normalized spacial score (nSPS) is 14.9. The molecule has 3 aromatic rings. The molecule has 1 aliphatic rings. The summed E-state index contributed by atoms with van der Waals surface area (Å²) in [6.45, 7) is 0. The lowest BCUT2D eigenvalue weighted by atomic mass is 9.88. The fraction of sp³-hybridized carbons (Fsp3) is 0.364. The molecule has 0 bridgehead atoms. The average Bonchev–Trinajstić information content (AvgIpc) is 3.19. The van der Waals surface area contributed by atoms with Crippen LogP contribution >= 0.6 is 35.0 Å². The quantitative estimate of drug-likeness (QED) is 0.384. The van der Waals surface area contributed by atoms with Gasteiger partial charge >= 0.3 is 0 Å². The molecule has 0 aliphatic heterocycles. The van der Waals surface area contributed by atoms with Crippen molar-refractivity contribution in [2.45, 2.75) is 48.9 Å². The monoisotopic (exact) mass is 447 g/mol. The summed E-state index contributed by atoms with van der Waals surface area (Å²) < 4.78 is 7.53. The lowest BCUT2D eigenvalue weighted by Crippen LogP contribution is -2.12. The number of benzene rings is 2. The lowest BCUT2D eigenvalue weighted by Gasteiger charge is -2.22. The third-order valence-electron chi connectivity index (χ3n) is 5.31. The highest BCUT2D eigenvalue weighted by atomic mass is 35.5. The first kappa shape index (κ1) is 20.6. The number of methoxy groups -OCH3 is 1. The van der Waals surface area contributed by atoms with Crippen LogP contribution in [0.15, 0.2) is 47.6 Å². The Morgan fingerprint density at radius 2 is 1.76 bits per heavy atom. The Bertz CT molecular complexity index is 969. The highest BCUT2D eigenvalue weighted by Gasteiger charge is 2.24. The summed E-state index contributed by atoms with van der Waals surface area (Å²) in [5.41, 5.74) is 2.17. The van der Waals surface area contributed by atoms with Gasteiger partial charge in [-0.15, -0.1) is 10.2 Å². The second-order valence-electron chi connectivity index (χ2n) is 7.25. The van der Waals surface area contributed by atoms with E-state index in [4.69, 9.17) is 27.9 Å². The molecular weight excluding hydrogens is 425 g/mol. The molecule has 1 fully saturated rings. The molecule has 0 spiro atoms. The smallest absolute Gasteiger partial charge is 0.196 e. The maximum absolute atomic E-state index is 6.17. The minimum Gasteiger partial charge on any atom is -0.497 e. The Morgan fingerprint density at radius 1 is 1.00 bits per heavy atom. The molecule has 1 aromatic heterocycles. The van der Waals surface area contributed by atoms with Crippen LogP contribution in [0, 0.1) is 0 Å². The van der Waals surface area contributed by atoms with Crippen molar-refractivity contribution in [2.24, 2.45) is 0 Å². The summed E-state index contributed by atoms with van der Waals surface area (Å²) in [6, 6.07) is 13.8. The van der Waals surface area contributed by atoms with E-state index in [0.29, 0.717) is 16.0 Å². The summed E-state index contributed by atoms with van der Waals surface area (Å²) in [5, 5.41) is 11.2. The zero-order valence-electron chi connectivity index (χ0n) is 16.3. The maximum Gasteiger partial charge on any atom is 0.196 e. The van der Waals surface area contributed by atoms with E-state index in [9.17, 15) is 0 Å². The van der Waals surface area contributed by atoms with Crippen LogP contribution in [0.2, 0.25) is 10.0 Å². The molecule has 0 N–H and O–H groups in total. The van der Waals surface area contributed by atoms with E-state index in [1.165, 1.54) is 32.1 Å². The van der Waals surface area contributed by atoms with Gasteiger partial charge in [-0.1, -0.05) is 60.3 Å². The van der Waals surface area contributed by atoms with E-state index < -0.39 is 0 Å². The zero-order valence-corrected chi connectivity index (χ0v) is 18.6. The molecule has 0 amide bonds. The van der Waals surface area contributed by atoms with Crippen LogP contribution in [0.3, 0.4) is 0 Å². The molecule has 7 heteroatoms. The standard InChI is InChI=1S/C22H23Cl2N3OS/c1-28-18-10-8-17(9-11-18)27-21(16-5-3-2-4-6-16)25-26-22(27)29-14-15-7-12-19(23)20(24)13-15/h7-13,16H,2-6,14H2,1H3. The Morgan fingerprint density at radius 3 is 2.45 bits per heavy atom. The molecule has 4 nitrogen and oxygen atoms in total. The fourth-order valence-corrected chi connectivity index (χ4v) is 4.97. The van der Waals surface area contributed by atoms with Gasteiger partial charge in [-0.3, -0.25) is 4.57 Å². The van der Waals surface area contributed by atoms with Gasteiger partial charge in [0.15, 0.2) is 5.16 Å². The topological polar surface area (TPSA) is 39.9 Å². The van der Waals surface area contributed by atoms with Gasteiger partial charge in [0.1, 0.15) is 11.6 Å². The van der Waals surface area contributed by atoms with Crippen molar-refractivity contribution >= 4 is 35.0 Å². The summed E-state index contributed by atoms with van der Waals surface area (Å²) in [7, 11) is 1.68. The number of rotatable bonds is 6.